The second-order valence-corrected chi connectivity index (χ2v) is 4.55. The average Bonchev–Trinajstić information content (AvgIpc) is 2.45. The van der Waals surface area contributed by atoms with Crippen LogP contribution >= 0.6 is 0 Å². The van der Waals surface area contributed by atoms with Crippen LogP contribution < -0.4 is 4.74 Å². The van der Waals surface area contributed by atoms with E-state index >= 15 is 0 Å². The molecule has 0 saturated heterocycles. The van der Waals surface area contributed by atoms with Crippen molar-refractivity contribution in [3.63, 3.8) is 0 Å². The normalized spacial score (nSPS) is 10.3. The number of benzene rings is 1. The number of hydrogen-bond donors (Lipinski definition) is 1. The highest BCUT2D eigenvalue weighted by Gasteiger charge is 2.13. The predicted molar refractivity (Wildman–Crippen MR) is 76.8 cm³/mol. The van der Waals surface area contributed by atoms with Gasteiger partial charge in [0.05, 0.1) is 6.61 Å². The van der Waals surface area contributed by atoms with Gasteiger partial charge in [-0.05, 0) is 25.5 Å². The Kier molecular flexibility index (Phi) is 7.69. The first-order chi connectivity index (χ1) is 9.67. The van der Waals surface area contributed by atoms with Crippen molar-refractivity contribution < 1.29 is 19.4 Å². The standard InChI is InChI=1S/C15H23NO4/c1-13-4-6-14(7-5-13)20-12-15(18)16(9-10-17)8-3-11-19-2/h4-7,17H,3,8-12H2,1-2H3. The van der Waals surface area contributed by atoms with Gasteiger partial charge in [-0.15, -0.1) is 0 Å². The van der Waals surface area contributed by atoms with Crippen LogP contribution in [0, 0.1) is 6.92 Å². The monoisotopic (exact) mass is 281 g/mol. The Bertz CT molecular complexity index is 391. The molecule has 1 aromatic rings. The van der Waals surface area contributed by atoms with Gasteiger partial charge >= 0.3 is 0 Å². The van der Waals surface area contributed by atoms with Crippen LogP contribution in [0.25, 0.3) is 0 Å². The molecule has 0 aliphatic heterocycles. The molecule has 0 aromatic heterocycles. The number of ether oxygens (including phenoxy) is 2. The molecule has 1 rings (SSSR count). The Morgan fingerprint density at radius 3 is 2.55 bits per heavy atom. The van der Waals surface area contributed by atoms with Crippen molar-refractivity contribution in [2.45, 2.75) is 13.3 Å². The van der Waals surface area contributed by atoms with E-state index < -0.39 is 0 Å². The van der Waals surface area contributed by atoms with Crippen molar-refractivity contribution in [1.82, 2.24) is 4.90 Å². The first kappa shape index (κ1) is 16.5. The molecule has 1 amide bonds. The number of carbonyl (C=O) groups is 1. The molecule has 0 saturated carbocycles. The fraction of sp³-hybridized carbons (Fsp3) is 0.533. The molecule has 5 heteroatoms. The van der Waals surface area contributed by atoms with Crippen LogP contribution in [0.1, 0.15) is 12.0 Å². The molecule has 0 bridgehead atoms. The summed E-state index contributed by atoms with van der Waals surface area (Å²) < 4.78 is 10.4. The van der Waals surface area contributed by atoms with Gasteiger partial charge in [0.1, 0.15) is 5.75 Å². The van der Waals surface area contributed by atoms with Crippen molar-refractivity contribution in [1.29, 1.82) is 0 Å². The summed E-state index contributed by atoms with van der Waals surface area (Å²) in [6, 6.07) is 7.54. The van der Waals surface area contributed by atoms with E-state index in [2.05, 4.69) is 0 Å². The molecule has 1 N–H and O–H groups in total. The van der Waals surface area contributed by atoms with Crippen molar-refractivity contribution in [2.75, 3.05) is 40.0 Å². The van der Waals surface area contributed by atoms with E-state index in [-0.39, 0.29) is 19.1 Å². The summed E-state index contributed by atoms with van der Waals surface area (Å²) in [6.07, 6.45) is 0.743. The lowest BCUT2D eigenvalue weighted by molar-refractivity contribution is -0.134. The maximum Gasteiger partial charge on any atom is 0.260 e. The molecule has 0 fully saturated rings. The molecule has 0 aliphatic rings. The molecule has 0 aliphatic carbocycles. The molecule has 5 nitrogen and oxygen atoms in total. The Hall–Kier alpha value is -1.59. The Morgan fingerprint density at radius 1 is 1.25 bits per heavy atom. The van der Waals surface area contributed by atoms with Crippen LogP contribution in [0.15, 0.2) is 24.3 Å². The number of aliphatic hydroxyl groups is 1. The SMILES string of the molecule is COCCCN(CCO)C(=O)COc1ccc(C)cc1. The average molecular weight is 281 g/mol. The Balaban J connectivity index is 2.42. The number of hydrogen-bond acceptors (Lipinski definition) is 4. The third-order valence-corrected chi connectivity index (χ3v) is 2.88. The fourth-order valence-electron chi connectivity index (χ4n) is 1.75. The van der Waals surface area contributed by atoms with Crippen LogP contribution in [0.3, 0.4) is 0 Å². The van der Waals surface area contributed by atoms with E-state index in [0.29, 0.717) is 25.4 Å². The predicted octanol–water partition coefficient (Wildman–Crippen LogP) is 1.23. The molecule has 0 unspecified atom stereocenters. The molecular weight excluding hydrogens is 258 g/mol. The quantitative estimate of drug-likeness (QED) is 0.692. The summed E-state index contributed by atoms with van der Waals surface area (Å²) in [5, 5.41) is 8.99. The van der Waals surface area contributed by atoms with Crippen molar-refractivity contribution in [3.05, 3.63) is 29.8 Å². The second-order valence-electron chi connectivity index (χ2n) is 4.55. The maximum absolute atomic E-state index is 12.0. The molecule has 0 radical (unpaired) electrons. The molecule has 112 valence electrons. The largest absolute Gasteiger partial charge is 0.484 e. The summed E-state index contributed by atoms with van der Waals surface area (Å²) in [5.41, 5.74) is 1.14. The van der Waals surface area contributed by atoms with Gasteiger partial charge in [-0.2, -0.15) is 0 Å². The first-order valence-corrected chi connectivity index (χ1v) is 6.74. The maximum atomic E-state index is 12.0. The fourth-order valence-corrected chi connectivity index (χ4v) is 1.75. The van der Waals surface area contributed by atoms with Crippen LogP contribution in [0.5, 0.6) is 5.75 Å². The van der Waals surface area contributed by atoms with Gasteiger partial charge in [0.15, 0.2) is 6.61 Å². The number of amides is 1. The van der Waals surface area contributed by atoms with E-state index in [4.69, 9.17) is 14.6 Å². The molecule has 20 heavy (non-hydrogen) atoms. The number of aliphatic hydroxyl groups excluding tert-OH is 1. The Labute approximate surface area is 120 Å². The van der Waals surface area contributed by atoms with E-state index in [9.17, 15) is 4.79 Å². The topological polar surface area (TPSA) is 59.0 Å². The van der Waals surface area contributed by atoms with E-state index in [1.807, 2.05) is 31.2 Å². The highest BCUT2D eigenvalue weighted by molar-refractivity contribution is 5.77. The van der Waals surface area contributed by atoms with Gasteiger partial charge in [-0.1, -0.05) is 17.7 Å². The van der Waals surface area contributed by atoms with Crippen molar-refractivity contribution in [2.24, 2.45) is 0 Å². The first-order valence-electron chi connectivity index (χ1n) is 6.74. The van der Waals surface area contributed by atoms with Crippen molar-refractivity contribution >= 4 is 5.91 Å². The van der Waals surface area contributed by atoms with Gasteiger partial charge in [0, 0.05) is 26.8 Å². The molecule has 0 spiro atoms. The molecule has 0 heterocycles. The zero-order valence-corrected chi connectivity index (χ0v) is 12.2. The third-order valence-electron chi connectivity index (χ3n) is 2.88. The summed E-state index contributed by atoms with van der Waals surface area (Å²) in [4.78, 5) is 13.6. The zero-order chi connectivity index (χ0) is 14.8. The minimum atomic E-state index is -0.129. The molecule has 0 atom stereocenters. The summed E-state index contributed by atoms with van der Waals surface area (Å²) in [7, 11) is 1.62. The van der Waals surface area contributed by atoms with Crippen molar-refractivity contribution in [3.8, 4) is 5.75 Å². The Morgan fingerprint density at radius 2 is 1.95 bits per heavy atom. The van der Waals surface area contributed by atoms with E-state index in [1.165, 1.54) is 0 Å². The minimum Gasteiger partial charge on any atom is -0.484 e. The second kappa shape index (κ2) is 9.34. The van der Waals surface area contributed by atoms with Crippen LogP contribution in [-0.4, -0.2) is 55.9 Å². The van der Waals surface area contributed by atoms with E-state index in [0.717, 1.165) is 12.0 Å². The van der Waals surface area contributed by atoms with Gasteiger partial charge in [-0.25, -0.2) is 0 Å². The van der Waals surface area contributed by atoms with Crippen LogP contribution in [-0.2, 0) is 9.53 Å². The highest BCUT2D eigenvalue weighted by Crippen LogP contribution is 2.11. The van der Waals surface area contributed by atoms with Crippen LogP contribution in [0.4, 0.5) is 0 Å². The number of methoxy groups -OCH3 is 1. The number of aryl methyl sites for hydroxylation is 1. The lowest BCUT2D eigenvalue weighted by Gasteiger charge is -2.21. The van der Waals surface area contributed by atoms with Gasteiger partial charge in [0.2, 0.25) is 0 Å². The van der Waals surface area contributed by atoms with Gasteiger partial charge < -0.3 is 19.5 Å². The third kappa shape index (κ3) is 6.04. The minimum absolute atomic E-state index is 0.0178. The van der Waals surface area contributed by atoms with E-state index in [1.54, 1.807) is 12.0 Å². The van der Waals surface area contributed by atoms with Gasteiger partial charge in [-0.3, -0.25) is 4.79 Å². The highest BCUT2D eigenvalue weighted by atomic mass is 16.5. The summed E-state index contributed by atoms with van der Waals surface area (Å²) in [6.45, 7) is 3.39. The lowest BCUT2D eigenvalue weighted by Crippen LogP contribution is -2.38. The number of rotatable bonds is 9. The van der Waals surface area contributed by atoms with Crippen LogP contribution in [0.2, 0.25) is 0 Å². The smallest absolute Gasteiger partial charge is 0.260 e. The summed E-state index contributed by atoms with van der Waals surface area (Å²) >= 11 is 0. The number of nitrogens with zero attached hydrogens (tertiary/aromatic N) is 1. The molecular formula is C15H23NO4. The molecule has 1 aromatic carbocycles. The number of carbonyl (C=O) groups excluding carboxylic acids is 1. The summed E-state index contributed by atoms with van der Waals surface area (Å²) in [5.74, 6) is 0.542. The lowest BCUT2D eigenvalue weighted by atomic mass is 10.2. The zero-order valence-electron chi connectivity index (χ0n) is 12.2. The van der Waals surface area contributed by atoms with Gasteiger partial charge in [0.25, 0.3) is 5.91 Å².